The van der Waals surface area contributed by atoms with E-state index in [4.69, 9.17) is 5.73 Å². The molecule has 0 heterocycles. The van der Waals surface area contributed by atoms with Crippen LogP contribution in [0.4, 0.5) is 0 Å². The van der Waals surface area contributed by atoms with Crippen molar-refractivity contribution in [3.05, 3.63) is 29.8 Å². The van der Waals surface area contributed by atoms with Crippen LogP contribution in [0.15, 0.2) is 24.3 Å². The lowest BCUT2D eigenvalue weighted by molar-refractivity contribution is -0.126. The number of amides is 1. The summed E-state index contributed by atoms with van der Waals surface area (Å²) in [5, 5.41) is 12.5. The number of para-hydroxylation sites is 1. The Hall–Kier alpha value is -1.55. The second kappa shape index (κ2) is 5.87. The van der Waals surface area contributed by atoms with Crippen molar-refractivity contribution in [3.63, 3.8) is 0 Å². The standard InChI is InChI=1S/C14H20N2O2/c15-8-10-5-3-6-12(10)14(18)16-9-11-4-1-2-7-13(11)17/h1-2,4,7,10,12,17H,3,5-6,8-9,15H2,(H,16,18). The van der Waals surface area contributed by atoms with Crippen molar-refractivity contribution in [3.8, 4) is 5.75 Å². The molecule has 0 aromatic heterocycles. The molecule has 98 valence electrons. The molecule has 1 aromatic carbocycles. The molecule has 18 heavy (non-hydrogen) atoms. The van der Waals surface area contributed by atoms with Gasteiger partial charge >= 0.3 is 0 Å². The van der Waals surface area contributed by atoms with E-state index in [0.29, 0.717) is 19.0 Å². The fraction of sp³-hybridized carbons (Fsp3) is 0.500. The second-order valence-electron chi connectivity index (χ2n) is 4.88. The summed E-state index contributed by atoms with van der Waals surface area (Å²) in [6.45, 7) is 0.952. The Morgan fingerprint density at radius 2 is 2.17 bits per heavy atom. The Morgan fingerprint density at radius 3 is 2.89 bits per heavy atom. The number of hydrogen-bond acceptors (Lipinski definition) is 3. The summed E-state index contributed by atoms with van der Waals surface area (Å²) < 4.78 is 0. The number of nitrogens with one attached hydrogen (secondary N) is 1. The molecule has 4 nitrogen and oxygen atoms in total. The lowest BCUT2D eigenvalue weighted by Gasteiger charge is -2.17. The van der Waals surface area contributed by atoms with Crippen LogP contribution in [-0.2, 0) is 11.3 Å². The van der Waals surface area contributed by atoms with Gasteiger partial charge in [0.25, 0.3) is 0 Å². The van der Waals surface area contributed by atoms with E-state index in [1.54, 1.807) is 12.1 Å². The molecular formula is C14H20N2O2. The molecule has 4 N–H and O–H groups in total. The first-order valence-corrected chi connectivity index (χ1v) is 6.47. The average Bonchev–Trinajstić information content (AvgIpc) is 2.86. The molecule has 1 aromatic rings. The molecule has 2 rings (SSSR count). The van der Waals surface area contributed by atoms with Crippen molar-refractivity contribution >= 4 is 5.91 Å². The SMILES string of the molecule is NCC1CCCC1C(=O)NCc1ccccc1O. The molecule has 1 saturated carbocycles. The molecule has 2 atom stereocenters. The van der Waals surface area contributed by atoms with Gasteiger partial charge in [-0.2, -0.15) is 0 Å². The van der Waals surface area contributed by atoms with Crippen LogP contribution in [0.25, 0.3) is 0 Å². The van der Waals surface area contributed by atoms with E-state index in [2.05, 4.69) is 5.32 Å². The van der Waals surface area contributed by atoms with Gasteiger partial charge in [0.15, 0.2) is 0 Å². The fourth-order valence-corrected chi connectivity index (χ4v) is 2.64. The minimum absolute atomic E-state index is 0.0425. The Balaban J connectivity index is 1.90. The van der Waals surface area contributed by atoms with E-state index in [-0.39, 0.29) is 17.6 Å². The highest BCUT2D eigenvalue weighted by atomic mass is 16.3. The summed E-state index contributed by atoms with van der Waals surface area (Å²) in [4.78, 5) is 12.1. The Kier molecular flexibility index (Phi) is 4.20. The van der Waals surface area contributed by atoms with Crippen LogP contribution in [0, 0.1) is 11.8 Å². The van der Waals surface area contributed by atoms with Gasteiger partial charge in [-0.15, -0.1) is 0 Å². The van der Waals surface area contributed by atoms with Gasteiger partial charge in [0.05, 0.1) is 0 Å². The van der Waals surface area contributed by atoms with Gasteiger partial charge in [-0.1, -0.05) is 24.6 Å². The lowest BCUT2D eigenvalue weighted by atomic mass is 9.95. The maximum atomic E-state index is 12.1. The molecule has 1 aliphatic rings. The van der Waals surface area contributed by atoms with Crippen molar-refractivity contribution in [1.82, 2.24) is 5.32 Å². The Labute approximate surface area is 107 Å². The zero-order valence-electron chi connectivity index (χ0n) is 10.4. The third-order valence-corrected chi connectivity index (χ3v) is 3.74. The van der Waals surface area contributed by atoms with E-state index in [1.807, 2.05) is 12.1 Å². The first-order valence-electron chi connectivity index (χ1n) is 6.47. The molecule has 2 unspecified atom stereocenters. The Morgan fingerprint density at radius 1 is 1.39 bits per heavy atom. The lowest BCUT2D eigenvalue weighted by Crippen LogP contribution is -2.34. The highest BCUT2D eigenvalue weighted by molar-refractivity contribution is 5.79. The number of benzene rings is 1. The van der Waals surface area contributed by atoms with Crippen LogP contribution in [-0.4, -0.2) is 17.6 Å². The summed E-state index contributed by atoms with van der Waals surface area (Å²) in [6, 6.07) is 7.05. The van der Waals surface area contributed by atoms with Gasteiger partial charge < -0.3 is 16.2 Å². The third-order valence-electron chi connectivity index (χ3n) is 3.74. The largest absolute Gasteiger partial charge is 0.508 e. The predicted molar refractivity (Wildman–Crippen MR) is 69.8 cm³/mol. The number of aromatic hydroxyl groups is 1. The Bertz CT molecular complexity index is 420. The zero-order valence-corrected chi connectivity index (χ0v) is 10.4. The van der Waals surface area contributed by atoms with Gasteiger partial charge in [-0.3, -0.25) is 4.79 Å². The topological polar surface area (TPSA) is 75.4 Å². The molecule has 0 bridgehead atoms. The number of nitrogens with two attached hydrogens (primary N) is 1. The van der Waals surface area contributed by atoms with Crippen molar-refractivity contribution < 1.29 is 9.90 Å². The molecule has 1 fully saturated rings. The first-order chi connectivity index (χ1) is 8.72. The summed E-state index contributed by atoms with van der Waals surface area (Å²) in [5.74, 6) is 0.640. The van der Waals surface area contributed by atoms with Gasteiger partial charge in [0, 0.05) is 18.0 Å². The molecule has 0 spiro atoms. The van der Waals surface area contributed by atoms with E-state index in [1.165, 1.54) is 0 Å². The number of carbonyl (C=O) groups is 1. The highest BCUT2D eigenvalue weighted by Gasteiger charge is 2.31. The quantitative estimate of drug-likeness (QED) is 0.753. The van der Waals surface area contributed by atoms with Crippen molar-refractivity contribution in [2.75, 3.05) is 6.54 Å². The number of carbonyl (C=O) groups excluding carboxylic acids is 1. The number of hydrogen-bond donors (Lipinski definition) is 3. The van der Waals surface area contributed by atoms with Crippen molar-refractivity contribution in [2.45, 2.75) is 25.8 Å². The molecule has 0 saturated heterocycles. The average molecular weight is 248 g/mol. The summed E-state index contributed by atoms with van der Waals surface area (Å²) >= 11 is 0. The second-order valence-corrected chi connectivity index (χ2v) is 4.88. The molecular weight excluding hydrogens is 228 g/mol. The minimum Gasteiger partial charge on any atom is -0.508 e. The van der Waals surface area contributed by atoms with Crippen LogP contribution < -0.4 is 11.1 Å². The summed E-state index contributed by atoms with van der Waals surface area (Å²) in [5.41, 5.74) is 6.42. The highest BCUT2D eigenvalue weighted by Crippen LogP contribution is 2.31. The monoisotopic (exact) mass is 248 g/mol. The maximum Gasteiger partial charge on any atom is 0.223 e. The smallest absolute Gasteiger partial charge is 0.223 e. The summed E-state index contributed by atoms with van der Waals surface area (Å²) in [6.07, 6.45) is 3.05. The minimum atomic E-state index is 0.0425. The van der Waals surface area contributed by atoms with E-state index >= 15 is 0 Å². The summed E-state index contributed by atoms with van der Waals surface area (Å²) in [7, 11) is 0. The van der Waals surface area contributed by atoms with E-state index < -0.39 is 0 Å². The van der Waals surface area contributed by atoms with Crippen LogP contribution in [0.1, 0.15) is 24.8 Å². The normalized spacial score (nSPS) is 22.9. The van der Waals surface area contributed by atoms with E-state index in [9.17, 15) is 9.90 Å². The first kappa shape index (κ1) is 12.9. The third kappa shape index (κ3) is 2.82. The van der Waals surface area contributed by atoms with Crippen molar-refractivity contribution in [2.24, 2.45) is 17.6 Å². The molecule has 4 heteroatoms. The molecule has 1 amide bonds. The van der Waals surface area contributed by atoms with Crippen LogP contribution >= 0.6 is 0 Å². The molecule has 0 radical (unpaired) electrons. The van der Waals surface area contributed by atoms with Crippen molar-refractivity contribution in [1.29, 1.82) is 0 Å². The van der Waals surface area contributed by atoms with Crippen LogP contribution in [0.3, 0.4) is 0 Å². The number of phenols is 1. The van der Waals surface area contributed by atoms with Gasteiger partial charge in [-0.05, 0) is 31.4 Å². The van der Waals surface area contributed by atoms with Crippen LogP contribution in [0.5, 0.6) is 5.75 Å². The fourth-order valence-electron chi connectivity index (χ4n) is 2.64. The molecule has 0 aliphatic heterocycles. The number of rotatable bonds is 4. The maximum absolute atomic E-state index is 12.1. The van der Waals surface area contributed by atoms with Gasteiger partial charge in [0.2, 0.25) is 5.91 Å². The van der Waals surface area contributed by atoms with E-state index in [0.717, 1.165) is 24.8 Å². The van der Waals surface area contributed by atoms with Gasteiger partial charge in [0.1, 0.15) is 5.75 Å². The van der Waals surface area contributed by atoms with Gasteiger partial charge in [-0.25, -0.2) is 0 Å². The number of phenolic OH excluding ortho intramolecular Hbond substituents is 1. The van der Waals surface area contributed by atoms with Crippen LogP contribution in [0.2, 0.25) is 0 Å². The molecule has 1 aliphatic carbocycles. The zero-order chi connectivity index (χ0) is 13.0. The predicted octanol–water partition coefficient (Wildman–Crippen LogP) is 1.38.